The highest BCUT2D eigenvalue weighted by molar-refractivity contribution is 8.93. The van der Waals surface area contributed by atoms with Gasteiger partial charge in [0.25, 0.3) is 0 Å². The molecule has 0 bridgehead atoms. The minimum Gasteiger partial charge on any atom is -0.358 e. The number of hydrogen-bond donors (Lipinski definition) is 3. The molecule has 102 valence electrons. The maximum absolute atomic E-state index is 10.5. The summed E-state index contributed by atoms with van der Waals surface area (Å²) in [6.45, 7) is 0. The van der Waals surface area contributed by atoms with Crippen molar-refractivity contribution in [3.05, 3.63) is 29.5 Å². The van der Waals surface area contributed by atoms with Crippen LogP contribution in [0.15, 0.2) is 18.2 Å². The molecule has 0 saturated carbocycles. The molecule has 1 amide bonds. The molecule has 0 saturated heterocycles. The van der Waals surface area contributed by atoms with Gasteiger partial charge >= 0.3 is 0 Å². The fraction of sp³-hybridized carbons (Fsp3) is 0.357. The number of halogens is 1. The lowest BCUT2D eigenvalue weighted by Crippen LogP contribution is -2.31. The van der Waals surface area contributed by atoms with Crippen molar-refractivity contribution in [3.63, 3.8) is 0 Å². The molecular weight excluding hydrogens is 306 g/mol. The second-order valence-corrected chi connectivity index (χ2v) is 4.83. The maximum atomic E-state index is 10.5. The molecule has 1 heterocycles. The first-order valence-electron chi connectivity index (χ1n) is 6.32. The van der Waals surface area contributed by atoms with Gasteiger partial charge in [0.2, 0.25) is 6.41 Å². The molecular formula is C14H18BrN3O. The van der Waals surface area contributed by atoms with Gasteiger partial charge in [-0.1, -0.05) is 0 Å². The van der Waals surface area contributed by atoms with Crippen molar-refractivity contribution in [1.82, 2.24) is 10.3 Å². The second-order valence-electron chi connectivity index (χ2n) is 4.83. The average molecular weight is 324 g/mol. The highest BCUT2D eigenvalue weighted by Gasteiger charge is 2.21. The number of H-pyrrole nitrogens is 1. The van der Waals surface area contributed by atoms with Gasteiger partial charge in [-0.25, -0.2) is 0 Å². The van der Waals surface area contributed by atoms with Crippen molar-refractivity contribution in [2.45, 2.75) is 25.3 Å². The van der Waals surface area contributed by atoms with E-state index in [-0.39, 0.29) is 17.0 Å². The summed E-state index contributed by atoms with van der Waals surface area (Å²) in [6.07, 6.45) is 4.04. The number of amides is 1. The van der Waals surface area contributed by atoms with Crippen LogP contribution in [0.25, 0.3) is 10.9 Å². The fourth-order valence-electron chi connectivity index (χ4n) is 2.82. The van der Waals surface area contributed by atoms with Crippen LogP contribution in [-0.2, 0) is 17.6 Å². The minimum atomic E-state index is 0. The fourth-order valence-corrected chi connectivity index (χ4v) is 2.82. The first-order chi connectivity index (χ1) is 8.81. The number of carbonyl (C=O) groups excluding carboxylic acids is 1. The summed E-state index contributed by atoms with van der Waals surface area (Å²) in [4.78, 5) is 14.0. The normalized spacial score (nSPS) is 17.6. The largest absolute Gasteiger partial charge is 0.358 e. The van der Waals surface area contributed by atoms with Gasteiger partial charge in [0.15, 0.2) is 0 Å². The Morgan fingerprint density at radius 2 is 2.26 bits per heavy atom. The van der Waals surface area contributed by atoms with Gasteiger partial charge < -0.3 is 15.6 Å². The highest BCUT2D eigenvalue weighted by Crippen LogP contribution is 2.30. The van der Waals surface area contributed by atoms with Crippen LogP contribution in [0, 0.1) is 0 Å². The first kappa shape index (κ1) is 14.1. The van der Waals surface area contributed by atoms with Crippen LogP contribution in [0.4, 0.5) is 5.69 Å². The van der Waals surface area contributed by atoms with Crippen molar-refractivity contribution in [3.8, 4) is 0 Å². The number of hydrogen-bond acceptors (Lipinski definition) is 2. The molecule has 0 fully saturated rings. The van der Waals surface area contributed by atoms with Gasteiger partial charge in [0.05, 0.1) is 0 Å². The summed E-state index contributed by atoms with van der Waals surface area (Å²) in [5.41, 5.74) is 4.75. The number of anilines is 1. The zero-order valence-electron chi connectivity index (χ0n) is 10.8. The predicted molar refractivity (Wildman–Crippen MR) is 83.2 cm³/mol. The molecule has 4 nitrogen and oxygen atoms in total. The van der Waals surface area contributed by atoms with Crippen LogP contribution < -0.4 is 10.6 Å². The third kappa shape index (κ3) is 2.53. The van der Waals surface area contributed by atoms with Gasteiger partial charge in [-0.05, 0) is 50.1 Å². The van der Waals surface area contributed by atoms with E-state index < -0.39 is 0 Å². The summed E-state index contributed by atoms with van der Waals surface area (Å²) >= 11 is 0. The van der Waals surface area contributed by atoms with Crippen molar-refractivity contribution in [2.24, 2.45) is 0 Å². The van der Waals surface area contributed by atoms with E-state index >= 15 is 0 Å². The van der Waals surface area contributed by atoms with E-state index in [1.165, 1.54) is 23.1 Å². The van der Waals surface area contributed by atoms with Gasteiger partial charge in [0, 0.05) is 28.3 Å². The van der Waals surface area contributed by atoms with Crippen LogP contribution in [0.1, 0.15) is 17.7 Å². The molecule has 19 heavy (non-hydrogen) atoms. The number of benzene rings is 1. The van der Waals surface area contributed by atoms with Crippen LogP contribution in [0.3, 0.4) is 0 Å². The van der Waals surface area contributed by atoms with Gasteiger partial charge in [-0.3, -0.25) is 4.79 Å². The summed E-state index contributed by atoms with van der Waals surface area (Å²) < 4.78 is 0. The topological polar surface area (TPSA) is 56.9 Å². The Hall–Kier alpha value is -1.33. The molecule has 0 spiro atoms. The van der Waals surface area contributed by atoms with Gasteiger partial charge in [-0.15, -0.1) is 17.0 Å². The van der Waals surface area contributed by atoms with Crippen LogP contribution in [0.5, 0.6) is 0 Å². The highest BCUT2D eigenvalue weighted by atomic mass is 79.9. The quantitative estimate of drug-likeness (QED) is 0.760. The van der Waals surface area contributed by atoms with Crippen molar-refractivity contribution in [2.75, 3.05) is 12.4 Å². The molecule has 1 unspecified atom stereocenters. The Balaban J connectivity index is 0.00000133. The monoisotopic (exact) mass is 323 g/mol. The van der Waals surface area contributed by atoms with E-state index in [2.05, 4.69) is 21.7 Å². The average Bonchev–Trinajstić information content (AvgIpc) is 2.76. The Morgan fingerprint density at radius 3 is 3.00 bits per heavy atom. The van der Waals surface area contributed by atoms with E-state index in [9.17, 15) is 4.79 Å². The van der Waals surface area contributed by atoms with E-state index in [4.69, 9.17) is 0 Å². The lowest BCUT2D eigenvalue weighted by Gasteiger charge is -2.21. The van der Waals surface area contributed by atoms with E-state index in [0.717, 1.165) is 30.5 Å². The number of fused-ring (bicyclic) bond motifs is 3. The molecule has 1 aromatic heterocycles. The molecule has 1 aliphatic rings. The third-order valence-corrected chi connectivity index (χ3v) is 3.82. The van der Waals surface area contributed by atoms with Crippen LogP contribution in [0.2, 0.25) is 0 Å². The zero-order chi connectivity index (χ0) is 12.5. The Morgan fingerprint density at radius 1 is 1.42 bits per heavy atom. The number of aryl methyl sites for hydroxylation is 1. The predicted octanol–water partition coefficient (Wildman–Crippen LogP) is 2.39. The lowest BCUT2D eigenvalue weighted by molar-refractivity contribution is -0.105. The molecule has 2 aromatic rings. The Kier molecular flexibility index (Phi) is 4.27. The van der Waals surface area contributed by atoms with Crippen molar-refractivity contribution < 1.29 is 4.79 Å². The smallest absolute Gasteiger partial charge is 0.211 e. The molecule has 1 aliphatic carbocycles. The lowest BCUT2D eigenvalue weighted by atomic mass is 9.91. The van der Waals surface area contributed by atoms with Crippen molar-refractivity contribution in [1.29, 1.82) is 0 Å². The molecule has 1 aromatic carbocycles. The molecule has 5 heteroatoms. The summed E-state index contributed by atoms with van der Waals surface area (Å²) in [7, 11) is 2.02. The van der Waals surface area contributed by atoms with E-state index in [0.29, 0.717) is 6.04 Å². The summed E-state index contributed by atoms with van der Waals surface area (Å²) in [6, 6.07) is 6.57. The molecule has 1 atom stereocenters. The van der Waals surface area contributed by atoms with Crippen molar-refractivity contribution >= 4 is 40.0 Å². The Labute approximate surface area is 122 Å². The summed E-state index contributed by atoms with van der Waals surface area (Å²) in [5, 5.41) is 7.30. The molecule has 0 aliphatic heterocycles. The maximum Gasteiger partial charge on any atom is 0.211 e. The zero-order valence-corrected chi connectivity index (χ0v) is 12.5. The Bertz CT molecular complexity index is 594. The van der Waals surface area contributed by atoms with Gasteiger partial charge in [-0.2, -0.15) is 0 Å². The number of carbonyl (C=O) groups is 1. The third-order valence-electron chi connectivity index (χ3n) is 3.82. The standard InChI is InChI=1S/C14H17N3O.BrH/c1-15-9-2-4-13-11(6-9)12-7-10(16-8-18)3-5-14(12)17-13;/h3,5,7-9,15,17H,2,4,6H2,1H3,(H,16,18);1H. The number of rotatable bonds is 3. The van der Waals surface area contributed by atoms with Gasteiger partial charge in [0.1, 0.15) is 0 Å². The number of likely N-dealkylation sites (N-methyl/N-ethyl adjacent to an activating group) is 1. The number of nitrogens with one attached hydrogen (secondary N) is 3. The van der Waals surface area contributed by atoms with E-state index in [1.807, 2.05) is 19.2 Å². The number of aromatic amines is 1. The molecule has 0 radical (unpaired) electrons. The SMILES string of the molecule is Br.CNC1CCc2[nH]c3ccc(NC=O)cc3c2C1. The first-order valence-corrected chi connectivity index (χ1v) is 6.32. The number of aromatic nitrogens is 1. The molecule has 3 rings (SSSR count). The minimum absolute atomic E-state index is 0. The van der Waals surface area contributed by atoms with Crippen LogP contribution in [-0.4, -0.2) is 24.5 Å². The van der Waals surface area contributed by atoms with E-state index in [1.54, 1.807) is 0 Å². The summed E-state index contributed by atoms with van der Waals surface area (Å²) in [5.74, 6) is 0. The second kappa shape index (κ2) is 5.75. The molecule has 3 N–H and O–H groups in total. The van der Waals surface area contributed by atoms with Crippen LogP contribution >= 0.6 is 17.0 Å².